The average molecular weight is 603 g/mol. The molecule has 0 bridgehead atoms. The molecule has 0 radical (unpaired) electrons. The van der Waals surface area contributed by atoms with Gasteiger partial charge in [-0.15, -0.1) is 11.3 Å². The number of anilines is 1. The van der Waals surface area contributed by atoms with Crippen LogP contribution in [0.2, 0.25) is 5.02 Å². The number of halogens is 1. The van der Waals surface area contributed by atoms with Gasteiger partial charge in [0, 0.05) is 51.3 Å². The lowest BCUT2D eigenvalue weighted by Gasteiger charge is -2.34. The number of methoxy groups -OCH3 is 2. The van der Waals surface area contributed by atoms with E-state index in [1.54, 1.807) is 43.5 Å². The molecule has 2 N–H and O–H groups in total. The maximum Gasteiger partial charge on any atom is 0.303 e. The van der Waals surface area contributed by atoms with Crippen LogP contribution in [0.1, 0.15) is 53.8 Å². The number of rotatable bonds is 12. The molecule has 4 rings (SSSR count). The summed E-state index contributed by atoms with van der Waals surface area (Å²) in [4.78, 5) is 32.3. The summed E-state index contributed by atoms with van der Waals surface area (Å²) in [5.41, 5.74) is 1.41. The lowest BCUT2D eigenvalue weighted by molar-refractivity contribution is -0.137. The van der Waals surface area contributed by atoms with Gasteiger partial charge in [-0.1, -0.05) is 37.6 Å². The molecule has 3 atom stereocenters. The second-order valence-corrected chi connectivity index (χ2v) is 12.0. The Bertz CT molecular complexity index is 1390. The Hall–Kier alpha value is -3.18. The van der Waals surface area contributed by atoms with E-state index < -0.39 is 23.6 Å². The standard InChI is InChI=1S/C30H35ClN2O7S/c1-5-30(2,17-34)16-33-22-11-9-18(31)13-21(22)27(20-7-6-8-23(38-3)28(20)39-4)40-24(29(33)37)14-25-32-15-19(41-25)10-12-26(35)36/h6-9,11,13,15,24,27,34H,5,10,12,14,16-17H2,1-4H3,(H,35,36)/t24-,27-,30?/m1/s1. The first kappa shape index (κ1) is 30.8. The molecule has 11 heteroatoms. The minimum absolute atomic E-state index is 0.00118. The summed E-state index contributed by atoms with van der Waals surface area (Å²) < 4.78 is 18.0. The van der Waals surface area contributed by atoms with Gasteiger partial charge in [0.15, 0.2) is 11.5 Å². The number of benzene rings is 2. The summed E-state index contributed by atoms with van der Waals surface area (Å²) >= 11 is 7.87. The van der Waals surface area contributed by atoms with Crippen molar-refractivity contribution >= 4 is 40.5 Å². The number of aliphatic hydroxyl groups is 1. The summed E-state index contributed by atoms with van der Waals surface area (Å²) in [5, 5.41) is 20.4. The zero-order valence-corrected chi connectivity index (χ0v) is 25.1. The number of aliphatic carboxylic acids is 1. The van der Waals surface area contributed by atoms with Crippen LogP contribution in [0.25, 0.3) is 0 Å². The van der Waals surface area contributed by atoms with E-state index in [4.69, 9.17) is 30.9 Å². The fraction of sp³-hybridized carbons (Fsp3) is 0.433. The SMILES string of the molecule is CCC(C)(CO)CN1C(=O)[C@@H](Cc2ncc(CCC(=O)O)s2)O[C@H](c2cccc(OC)c2OC)c2cc(Cl)ccc21. The second kappa shape index (κ2) is 13.2. The minimum Gasteiger partial charge on any atom is -0.493 e. The number of aryl methyl sites for hydroxylation is 1. The second-order valence-electron chi connectivity index (χ2n) is 10.4. The number of carbonyl (C=O) groups excluding carboxylic acids is 1. The van der Waals surface area contributed by atoms with Crippen molar-refractivity contribution in [2.45, 2.75) is 51.7 Å². The van der Waals surface area contributed by atoms with Crippen molar-refractivity contribution < 1.29 is 34.0 Å². The van der Waals surface area contributed by atoms with E-state index in [-0.39, 0.29) is 31.9 Å². The van der Waals surface area contributed by atoms with E-state index in [2.05, 4.69) is 4.98 Å². The Morgan fingerprint density at radius 3 is 2.66 bits per heavy atom. The van der Waals surface area contributed by atoms with Crippen LogP contribution in [-0.2, 0) is 27.2 Å². The molecule has 1 aliphatic heterocycles. The zero-order chi connectivity index (χ0) is 29.7. The van der Waals surface area contributed by atoms with Gasteiger partial charge in [-0.3, -0.25) is 9.59 Å². The van der Waals surface area contributed by atoms with Crippen molar-refractivity contribution in [2.24, 2.45) is 5.41 Å². The normalized spacial score (nSPS) is 18.4. The predicted octanol–water partition coefficient (Wildman–Crippen LogP) is 5.30. The largest absolute Gasteiger partial charge is 0.493 e. The molecule has 0 saturated carbocycles. The van der Waals surface area contributed by atoms with E-state index >= 15 is 0 Å². The molecule has 41 heavy (non-hydrogen) atoms. The lowest BCUT2D eigenvalue weighted by Crippen LogP contribution is -2.46. The Morgan fingerprint density at radius 2 is 2.00 bits per heavy atom. The molecule has 1 unspecified atom stereocenters. The molecule has 1 aliphatic rings. The number of carboxylic acids is 1. The molecule has 1 aromatic heterocycles. The summed E-state index contributed by atoms with van der Waals surface area (Å²) in [7, 11) is 3.10. The number of para-hydroxylation sites is 1. The van der Waals surface area contributed by atoms with Crippen LogP contribution in [-0.4, -0.2) is 60.5 Å². The number of nitrogens with zero attached hydrogens (tertiary/aromatic N) is 2. The van der Waals surface area contributed by atoms with E-state index in [1.165, 1.54) is 11.3 Å². The molecule has 0 aliphatic carbocycles. The molecule has 1 amide bonds. The van der Waals surface area contributed by atoms with Crippen LogP contribution in [0, 0.1) is 5.41 Å². The highest BCUT2D eigenvalue weighted by atomic mass is 35.5. The number of thiazole rings is 1. The van der Waals surface area contributed by atoms with Crippen molar-refractivity contribution in [3.8, 4) is 11.5 Å². The van der Waals surface area contributed by atoms with Crippen molar-refractivity contribution in [3.05, 3.63) is 68.6 Å². The smallest absolute Gasteiger partial charge is 0.303 e. The van der Waals surface area contributed by atoms with Gasteiger partial charge in [-0.05, 0) is 37.1 Å². The highest BCUT2D eigenvalue weighted by Gasteiger charge is 2.40. The molecule has 3 aromatic rings. The van der Waals surface area contributed by atoms with Crippen molar-refractivity contribution in [2.75, 3.05) is 32.3 Å². The first-order chi connectivity index (χ1) is 19.6. The highest BCUT2D eigenvalue weighted by Crippen LogP contribution is 2.46. The first-order valence-electron chi connectivity index (χ1n) is 13.4. The van der Waals surface area contributed by atoms with E-state index in [0.717, 1.165) is 4.88 Å². The van der Waals surface area contributed by atoms with Gasteiger partial charge in [0.05, 0.1) is 32.3 Å². The maximum atomic E-state index is 14.3. The van der Waals surface area contributed by atoms with Crippen molar-refractivity contribution in [1.82, 2.24) is 4.98 Å². The Balaban J connectivity index is 1.84. The number of carboxylic acid groups (broad SMARTS) is 1. The molecular formula is C30H35ClN2O7S. The third-order valence-corrected chi connectivity index (χ3v) is 8.76. The van der Waals surface area contributed by atoms with Crippen LogP contribution in [0.15, 0.2) is 42.6 Å². The third kappa shape index (κ3) is 6.83. The summed E-state index contributed by atoms with van der Waals surface area (Å²) in [6.45, 7) is 4.08. The Morgan fingerprint density at radius 1 is 1.22 bits per heavy atom. The monoisotopic (exact) mass is 602 g/mol. The Labute approximate surface area is 248 Å². The van der Waals surface area contributed by atoms with Gasteiger partial charge >= 0.3 is 5.97 Å². The average Bonchev–Trinajstić information content (AvgIpc) is 3.39. The van der Waals surface area contributed by atoms with Gasteiger partial charge in [0.1, 0.15) is 12.2 Å². The van der Waals surface area contributed by atoms with Gasteiger partial charge in [0.25, 0.3) is 5.91 Å². The Kier molecular flexibility index (Phi) is 9.91. The van der Waals surface area contributed by atoms with Gasteiger partial charge in [0.2, 0.25) is 0 Å². The number of fused-ring (bicyclic) bond motifs is 1. The lowest BCUT2D eigenvalue weighted by atomic mass is 9.87. The number of hydrogen-bond donors (Lipinski definition) is 2. The maximum absolute atomic E-state index is 14.3. The number of amides is 1. The number of ether oxygens (including phenoxy) is 3. The zero-order valence-electron chi connectivity index (χ0n) is 23.6. The topological polar surface area (TPSA) is 118 Å². The van der Waals surface area contributed by atoms with Gasteiger partial charge < -0.3 is 29.3 Å². The number of aliphatic hydroxyl groups excluding tert-OH is 1. The fourth-order valence-electron chi connectivity index (χ4n) is 4.83. The van der Waals surface area contributed by atoms with E-state index in [1.807, 2.05) is 32.0 Å². The van der Waals surface area contributed by atoms with Gasteiger partial charge in [-0.2, -0.15) is 0 Å². The van der Waals surface area contributed by atoms with Gasteiger partial charge in [-0.25, -0.2) is 4.98 Å². The molecule has 9 nitrogen and oxygen atoms in total. The third-order valence-electron chi connectivity index (χ3n) is 7.44. The highest BCUT2D eigenvalue weighted by molar-refractivity contribution is 7.11. The number of aromatic nitrogens is 1. The summed E-state index contributed by atoms with van der Waals surface area (Å²) in [5.74, 6) is -0.159. The van der Waals surface area contributed by atoms with Crippen LogP contribution in [0.5, 0.6) is 11.5 Å². The quantitative estimate of drug-likeness (QED) is 0.287. The van der Waals surface area contributed by atoms with Crippen LogP contribution >= 0.6 is 22.9 Å². The molecule has 2 aromatic carbocycles. The van der Waals surface area contributed by atoms with E-state index in [0.29, 0.717) is 51.2 Å². The molecular weight excluding hydrogens is 568 g/mol. The van der Waals surface area contributed by atoms with Crippen molar-refractivity contribution in [3.63, 3.8) is 0 Å². The molecule has 0 fully saturated rings. The molecule has 0 spiro atoms. The molecule has 2 heterocycles. The van der Waals surface area contributed by atoms with Crippen LogP contribution < -0.4 is 14.4 Å². The van der Waals surface area contributed by atoms with Crippen LogP contribution in [0.4, 0.5) is 5.69 Å². The first-order valence-corrected chi connectivity index (χ1v) is 14.6. The summed E-state index contributed by atoms with van der Waals surface area (Å²) in [6.07, 6.45) is 1.14. The predicted molar refractivity (Wildman–Crippen MR) is 157 cm³/mol. The molecule has 220 valence electrons. The van der Waals surface area contributed by atoms with Crippen molar-refractivity contribution in [1.29, 1.82) is 0 Å². The summed E-state index contributed by atoms with van der Waals surface area (Å²) in [6, 6.07) is 10.8. The van der Waals surface area contributed by atoms with Crippen LogP contribution in [0.3, 0.4) is 0 Å². The van der Waals surface area contributed by atoms with E-state index in [9.17, 15) is 14.7 Å². The number of carbonyl (C=O) groups is 2. The fourth-order valence-corrected chi connectivity index (χ4v) is 5.96. The number of hydrogen-bond acceptors (Lipinski definition) is 8. The minimum atomic E-state index is -0.944. The molecule has 0 saturated heterocycles.